The minimum absolute atomic E-state index is 0.0181. The van der Waals surface area contributed by atoms with Crippen molar-refractivity contribution < 1.29 is 27.9 Å². The van der Waals surface area contributed by atoms with Gasteiger partial charge in [0.15, 0.2) is 5.16 Å². The van der Waals surface area contributed by atoms with Crippen LogP contribution in [0.25, 0.3) is 0 Å². The van der Waals surface area contributed by atoms with Gasteiger partial charge >= 0.3 is 6.18 Å². The van der Waals surface area contributed by atoms with Crippen LogP contribution in [0.3, 0.4) is 0 Å². The average Bonchev–Trinajstić information content (AvgIpc) is 3.13. The van der Waals surface area contributed by atoms with Crippen LogP contribution < -0.4 is 10.6 Å². The molecular weight excluding hydrogens is 459 g/mol. The molecule has 33 heavy (non-hydrogen) atoms. The number of nitrogens with zero attached hydrogens (tertiary/aromatic N) is 3. The molecule has 0 atom stereocenters. The second-order valence-electron chi connectivity index (χ2n) is 6.83. The van der Waals surface area contributed by atoms with E-state index in [1.807, 2.05) is 6.92 Å². The molecule has 0 saturated heterocycles. The van der Waals surface area contributed by atoms with E-state index in [2.05, 4.69) is 20.8 Å². The molecule has 1 heterocycles. The van der Waals surface area contributed by atoms with E-state index in [1.165, 1.54) is 24.3 Å². The lowest BCUT2D eigenvalue weighted by Crippen LogP contribution is -2.18. The number of carbonyl (C=O) groups excluding carboxylic acids is 2. The molecule has 3 aromatic rings. The molecule has 2 aromatic carbocycles. The second kappa shape index (κ2) is 10.4. The van der Waals surface area contributed by atoms with Crippen molar-refractivity contribution in [3.05, 3.63) is 59.9 Å². The monoisotopic (exact) mass is 479 g/mol. The van der Waals surface area contributed by atoms with Gasteiger partial charge in [0, 0.05) is 24.0 Å². The number of hydrogen-bond donors (Lipinski definition) is 3. The van der Waals surface area contributed by atoms with Crippen molar-refractivity contribution in [2.24, 2.45) is 0 Å². The number of halogens is 3. The van der Waals surface area contributed by atoms with Gasteiger partial charge in [-0.3, -0.25) is 9.59 Å². The van der Waals surface area contributed by atoms with Crippen LogP contribution >= 0.6 is 11.8 Å². The minimum atomic E-state index is -4.51. The fourth-order valence-corrected chi connectivity index (χ4v) is 3.73. The number of amides is 2. The van der Waals surface area contributed by atoms with Gasteiger partial charge in [0.25, 0.3) is 0 Å². The van der Waals surface area contributed by atoms with Crippen molar-refractivity contribution in [1.82, 2.24) is 14.8 Å². The van der Waals surface area contributed by atoms with Crippen LogP contribution in [0.15, 0.2) is 53.7 Å². The third-order valence-corrected chi connectivity index (χ3v) is 5.33. The Balaban J connectivity index is 1.59. The van der Waals surface area contributed by atoms with Gasteiger partial charge in [0.05, 0.1) is 17.7 Å². The quantitative estimate of drug-likeness (QED) is 0.423. The lowest BCUT2D eigenvalue weighted by molar-refractivity contribution is -0.137. The molecule has 0 fully saturated rings. The van der Waals surface area contributed by atoms with Crippen LogP contribution in [-0.2, 0) is 28.7 Å². The number of alkyl halides is 3. The Morgan fingerprint density at radius 2 is 1.70 bits per heavy atom. The van der Waals surface area contributed by atoms with Crippen molar-refractivity contribution in [2.45, 2.75) is 31.2 Å². The predicted octanol–water partition coefficient (Wildman–Crippen LogP) is 3.93. The summed E-state index contributed by atoms with van der Waals surface area (Å²) in [6.45, 7) is 2.24. The highest BCUT2D eigenvalue weighted by Crippen LogP contribution is 2.30. The molecule has 0 saturated carbocycles. The van der Waals surface area contributed by atoms with Crippen LogP contribution in [0.4, 0.5) is 24.5 Å². The summed E-state index contributed by atoms with van der Waals surface area (Å²) in [4.78, 5) is 24.5. The Kier molecular flexibility index (Phi) is 7.59. The van der Waals surface area contributed by atoms with E-state index in [0.29, 0.717) is 23.2 Å². The first kappa shape index (κ1) is 24.1. The molecule has 0 unspecified atom stereocenters. The molecule has 12 heteroatoms. The molecule has 174 valence electrons. The zero-order valence-electron chi connectivity index (χ0n) is 17.4. The molecule has 0 bridgehead atoms. The molecule has 0 aliphatic carbocycles. The molecule has 0 aliphatic rings. The first-order valence-corrected chi connectivity index (χ1v) is 10.7. The van der Waals surface area contributed by atoms with Gasteiger partial charge in [-0.05, 0) is 37.3 Å². The SMILES string of the molecule is CCn1c(CC(=O)Nc2cccc(C(F)(F)F)c2)nnc1SCC(=O)Nc1cccc(O)c1. The maximum Gasteiger partial charge on any atom is 0.416 e. The van der Waals surface area contributed by atoms with Gasteiger partial charge in [0.2, 0.25) is 11.8 Å². The number of anilines is 2. The van der Waals surface area contributed by atoms with E-state index in [4.69, 9.17) is 0 Å². The highest BCUT2D eigenvalue weighted by molar-refractivity contribution is 7.99. The Labute approximate surface area is 191 Å². The standard InChI is InChI=1S/C21H20F3N5O3S/c1-2-29-17(11-18(31)25-14-6-3-5-13(9-14)21(22,23)24)27-28-20(29)33-12-19(32)26-15-7-4-8-16(30)10-15/h3-10,30H,2,11-12H2,1H3,(H,25,31)(H,26,32). The fourth-order valence-electron chi connectivity index (χ4n) is 2.91. The van der Waals surface area contributed by atoms with Gasteiger partial charge in [-0.1, -0.05) is 23.9 Å². The van der Waals surface area contributed by atoms with Crippen LogP contribution in [0.5, 0.6) is 5.75 Å². The Morgan fingerprint density at radius 1 is 1.03 bits per heavy atom. The molecule has 0 radical (unpaired) electrons. The van der Waals surface area contributed by atoms with Crippen LogP contribution in [0.1, 0.15) is 18.3 Å². The first-order valence-electron chi connectivity index (χ1n) is 9.76. The van der Waals surface area contributed by atoms with E-state index < -0.39 is 17.6 Å². The van der Waals surface area contributed by atoms with E-state index in [9.17, 15) is 27.9 Å². The van der Waals surface area contributed by atoms with E-state index in [-0.39, 0.29) is 29.5 Å². The lowest BCUT2D eigenvalue weighted by Gasteiger charge is -2.10. The highest BCUT2D eigenvalue weighted by Gasteiger charge is 2.30. The van der Waals surface area contributed by atoms with Crippen LogP contribution in [0, 0.1) is 0 Å². The summed E-state index contributed by atoms with van der Waals surface area (Å²) in [5, 5.41) is 23.0. The van der Waals surface area contributed by atoms with Gasteiger partial charge in [-0.25, -0.2) is 0 Å². The Morgan fingerprint density at radius 3 is 2.36 bits per heavy atom. The number of nitrogens with one attached hydrogen (secondary N) is 2. The smallest absolute Gasteiger partial charge is 0.416 e. The maximum atomic E-state index is 12.8. The Bertz CT molecular complexity index is 1150. The number of thioether (sulfide) groups is 1. The summed E-state index contributed by atoms with van der Waals surface area (Å²) in [5.41, 5.74) is -0.389. The number of benzene rings is 2. The van der Waals surface area contributed by atoms with Crippen molar-refractivity contribution in [3.8, 4) is 5.75 Å². The highest BCUT2D eigenvalue weighted by atomic mass is 32.2. The van der Waals surface area contributed by atoms with Crippen LogP contribution in [-0.4, -0.2) is 37.4 Å². The summed E-state index contributed by atoms with van der Waals surface area (Å²) in [5.74, 6) is -0.503. The largest absolute Gasteiger partial charge is 0.508 e. The first-order chi connectivity index (χ1) is 15.7. The molecule has 0 aliphatic heterocycles. The van der Waals surface area contributed by atoms with Gasteiger partial charge in [0.1, 0.15) is 11.6 Å². The van der Waals surface area contributed by atoms with Crippen molar-refractivity contribution in [2.75, 3.05) is 16.4 Å². The summed E-state index contributed by atoms with van der Waals surface area (Å²) >= 11 is 1.12. The number of aromatic nitrogens is 3. The third kappa shape index (κ3) is 6.72. The van der Waals surface area contributed by atoms with Gasteiger partial charge in [-0.2, -0.15) is 13.2 Å². The summed E-state index contributed by atoms with van der Waals surface area (Å²) in [6.07, 6.45) is -4.71. The third-order valence-electron chi connectivity index (χ3n) is 4.36. The molecule has 3 rings (SSSR count). The molecule has 8 nitrogen and oxygen atoms in total. The average molecular weight is 479 g/mol. The number of carbonyl (C=O) groups is 2. The summed E-state index contributed by atoms with van der Waals surface area (Å²) in [6, 6.07) is 10.5. The zero-order chi connectivity index (χ0) is 24.0. The molecule has 1 aromatic heterocycles. The molecule has 3 N–H and O–H groups in total. The van der Waals surface area contributed by atoms with Crippen molar-refractivity contribution in [3.63, 3.8) is 0 Å². The number of phenols is 1. The van der Waals surface area contributed by atoms with E-state index in [1.54, 1.807) is 16.7 Å². The number of phenolic OH excluding ortho intramolecular Hbond substituents is 1. The second-order valence-corrected chi connectivity index (χ2v) is 7.78. The zero-order valence-corrected chi connectivity index (χ0v) is 18.2. The van der Waals surface area contributed by atoms with E-state index in [0.717, 1.165) is 23.9 Å². The topological polar surface area (TPSA) is 109 Å². The Hall–Kier alpha value is -3.54. The minimum Gasteiger partial charge on any atom is -0.508 e. The van der Waals surface area contributed by atoms with Crippen LogP contribution in [0.2, 0.25) is 0 Å². The van der Waals surface area contributed by atoms with E-state index >= 15 is 0 Å². The molecular formula is C21H20F3N5O3S. The molecule has 0 spiro atoms. The van der Waals surface area contributed by atoms with Gasteiger partial charge < -0.3 is 20.3 Å². The van der Waals surface area contributed by atoms with Crippen molar-refractivity contribution >= 4 is 35.0 Å². The maximum absolute atomic E-state index is 12.8. The summed E-state index contributed by atoms with van der Waals surface area (Å²) in [7, 11) is 0. The predicted molar refractivity (Wildman–Crippen MR) is 117 cm³/mol. The number of aromatic hydroxyl groups is 1. The van der Waals surface area contributed by atoms with Gasteiger partial charge in [-0.15, -0.1) is 10.2 Å². The number of hydrogen-bond acceptors (Lipinski definition) is 6. The number of rotatable bonds is 8. The fraction of sp³-hybridized carbons (Fsp3) is 0.238. The van der Waals surface area contributed by atoms with Crippen molar-refractivity contribution in [1.29, 1.82) is 0 Å². The molecule has 2 amide bonds. The summed E-state index contributed by atoms with van der Waals surface area (Å²) < 4.78 is 40.2. The lowest BCUT2D eigenvalue weighted by atomic mass is 10.2. The normalized spacial score (nSPS) is 11.3.